The van der Waals surface area contributed by atoms with Gasteiger partial charge in [0.15, 0.2) is 17.2 Å². The summed E-state index contributed by atoms with van der Waals surface area (Å²) in [5.41, 5.74) is 3.00. The Balaban J connectivity index is 1.71. The number of carboxylic acids is 1. The maximum Gasteiger partial charge on any atom is 0.356 e. The number of anilines is 2. The molecule has 1 aromatic carbocycles. The van der Waals surface area contributed by atoms with E-state index in [0.717, 1.165) is 11.1 Å². The predicted molar refractivity (Wildman–Crippen MR) is 132 cm³/mol. The van der Waals surface area contributed by atoms with E-state index in [1.54, 1.807) is 11.0 Å². The molecule has 1 aliphatic heterocycles. The molecule has 1 atom stereocenters. The molecule has 0 amide bonds. The zero-order chi connectivity index (χ0) is 26.0. The van der Waals surface area contributed by atoms with Gasteiger partial charge in [-0.2, -0.15) is 5.26 Å². The summed E-state index contributed by atoms with van der Waals surface area (Å²) in [6, 6.07) is 8.52. The fraction of sp³-hybridized carbons (Fsp3) is 0.375. The summed E-state index contributed by atoms with van der Waals surface area (Å²) in [5.74, 6) is -0.814. The molecular weight excluding hydrogens is 492 g/mol. The van der Waals surface area contributed by atoms with E-state index < -0.39 is 18.4 Å². The van der Waals surface area contributed by atoms with Crippen LogP contribution in [0, 0.1) is 18.3 Å². The Morgan fingerprint density at radius 2 is 1.94 bits per heavy atom. The Labute approximate surface area is 211 Å². The van der Waals surface area contributed by atoms with Gasteiger partial charge in [-0.25, -0.2) is 28.5 Å². The van der Waals surface area contributed by atoms with Crippen molar-refractivity contribution in [1.82, 2.24) is 19.9 Å². The first-order chi connectivity index (χ1) is 17.2. The van der Waals surface area contributed by atoms with Crippen LogP contribution in [0.5, 0.6) is 0 Å². The van der Waals surface area contributed by atoms with Gasteiger partial charge in [-0.3, -0.25) is 4.90 Å². The van der Waals surface area contributed by atoms with Crippen molar-refractivity contribution >= 4 is 40.1 Å². The molecule has 3 heterocycles. The van der Waals surface area contributed by atoms with Crippen molar-refractivity contribution in [3.8, 4) is 6.07 Å². The SMILES string of the molecule is Cc1cc([C@@H](C)Nc2ccc(Cl)nc2C(=O)O)c2nc(N3CCN(CC(F)F)CC3)c(C#N)nc2c1. The van der Waals surface area contributed by atoms with Gasteiger partial charge >= 0.3 is 5.97 Å². The fourth-order valence-electron chi connectivity index (χ4n) is 4.31. The number of nitrogens with one attached hydrogen (secondary N) is 1. The summed E-state index contributed by atoms with van der Waals surface area (Å²) in [7, 11) is 0. The van der Waals surface area contributed by atoms with Gasteiger partial charge in [-0.05, 0) is 37.6 Å². The summed E-state index contributed by atoms with van der Waals surface area (Å²) in [6.07, 6.45) is -2.40. The number of aromatic carboxylic acids is 1. The molecule has 9 nitrogen and oxygen atoms in total. The first-order valence-corrected chi connectivity index (χ1v) is 11.7. The third kappa shape index (κ3) is 5.45. The molecule has 2 aromatic heterocycles. The topological polar surface area (TPSA) is 118 Å². The van der Waals surface area contributed by atoms with Crippen LogP contribution in [-0.4, -0.2) is 70.1 Å². The molecule has 3 aromatic rings. The summed E-state index contributed by atoms with van der Waals surface area (Å²) < 4.78 is 25.5. The minimum absolute atomic E-state index is 0.0693. The number of hydrogen-bond donors (Lipinski definition) is 2. The second-order valence-electron chi connectivity index (χ2n) is 8.61. The first-order valence-electron chi connectivity index (χ1n) is 11.3. The number of alkyl halides is 2. The molecule has 0 aliphatic carbocycles. The maximum absolute atomic E-state index is 12.8. The lowest BCUT2D eigenvalue weighted by Gasteiger charge is -2.35. The van der Waals surface area contributed by atoms with Crippen LogP contribution < -0.4 is 10.2 Å². The van der Waals surface area contributed by atoms with E-state index in [4.69, 9.17) is 16.6 Å². The van der Waals surface area contributed by atoms with Gasteiger partial charge in [0.2, 0.25) is 0 Å². The van der Waals surface area contributed by atoms with Crippen molar-refractivity contribution in [2.24, 2.45) is 0 Å². The number of hydrogen-bond acceptors (Lipinski definition) is 8. The van der Waals surface area contributed by atoms with Gasteiger partial charge in [0.05, 0.1) is 29.3 Å². The molecule has 0 saturated carbocycles. The number of rotatable bonds is 7. The lowest BCUT2D eigenvalue weighted by molar-refractivity contribution is 0.0691. The predicted octanol–water partition coefficient (Wildman–Crippen LogP) is 4.12. The first kappa shape index (κ1) is 25.5. The summed E-state index contributed by atoms with van der Waals surface area (Å²) >= 11 is 5.88. The third-order valence-electron chi connectivity index (χ3n) is 6.00. The maximum atomic E-state index is 12.8. The monoisotopic (exact) mass is 515 g/mol. The van der Waals surface area contributed by atoms with Crippen LogP contribution in [0.2, 0.25) is 5.15 Å². The zero-order valence-electron chi connectivity index (χ0n) is 19.7. The van der Waals surface area contributed by atoms with Crippen molar-refractivity contribution in [2.45, 2.75) is 26.3 Å². The smallest absolute Gasteiger partial charge is 0.356 e. The Kier molecular flexibility index (Phi) is 7.47. The molecular formula is C24H24ClF2N7O2. The lowest BCUT2D eigenvalue weighted by Crippen LogP contribution is -2.48. The van der Waals surface area contributed by atoms with Crippen molar-refractivity contribution in [3.63, 3.8) is 0 Å². The summed E-state index contributed by atoms with van der Waals surface area (Å²) in [4.78, 5) is 28.5. The number of carbonyl (C=O) groups is 1. The van der Waals surface area contributed by atoms with Crippen LogP contribution in [0.1, 0.15) is 40.3 Å². The normalized spacial score (nSPS) is 15.2. The fourth-order valence-corrected chi connectivity index (χ4v) is 4.46. The highest BCUT2D eigenvalue weighted by molar-refractivity contribution is 6.29. The Morgan fingerprint density at radius 1 is 1.22 bits per heavy atom. The number of aromatic nitrogens is 3. The quantitative estimate of drug-likeness (QED) is 0.448. The number of halogens is 3. The minimum atomic E-state index is -2.40. The molecule has 2 N–H and O–H groups in total. The average Bonchev–Trinajstić information content (AvgIpc) is 2.83. The molecule has 1 fully saturated rings. The number of fused-ring (bicyclic) bond motifs is 1. The molecule has 0 bridgehead atoms. The molecule has 188 valence electrons. The van der Waals surface area contributed by atoms with Crippen LogP contribution in [0.15, 0.2) is 24.3 Å². The standard InChI is InChI=1S/C24H24ClF2N7O2/c1-13-9-15(14(2)29-16-3-4-19(25)31-22(16)24(35)36)21-17(10-13)30-18(11-28)23(32-21)34-7-5-33(6-8-34)12-20(26)27/h3-4,9-10,14,20,29H,5-8,12H2,1-2H3,(H,35,36)/t14-/m1/s1. The van der Waals surface area contributed by atoms with Gasteiger partial charge < -0.3 is 15.3 Å². The molecule has 0 unspecified atom stereocenters. The molecule has 1 saturated heterocycles. The second-order valence-corrected chi connectivity index (χ2v) is 9.00. The zero-order valence-corrected chi connectivity index (χ0v) is 20.4. The van der Waals surface area contributed by atoms with E-state index in [-0.39, 0.29) is 23.1 Å². The molecule has 0 spiro atoms. The van der Waals surface area contributed by atoms with Crippen molar-refractivity contribution in [1.29, 1.82) is 5.26 Å². The van der Waals surface area contributed by atoms with E-state index >= 15 is 0 Å². The van der Waals surface area contributed by atoms with Crippen LogP contribution >= 0.6 is 11.6 Å². The van der Waals surface area contributed by atoms with Crippen LogP contribution in [0.25, 0.3) is 11.0 Å². The molecule has 4 rings (SSSR count). The van der Waals surface area contributed by atoms with Gasteiger partial charge in [-0.15, -0.1) is 0 Å². The average molecular weight is 516 g/mol. The van der Waals surface area contributed by atoms with Gasteiger partial charge in [0.1, 0.15) is 11.2 Å². The second kappa shape index (κ2) is 10.6. The van der Waals surface area contributed by atoms with Crippen LogP contribution in [-0.2, 0) is 0 Å². The minimum Gasteiger partial charge on any atom is -0.476 e. The lowest BCUT2D eigenvalue weighted by atomic mass is 10.0. The van der Waals surface area contributed by atoms with Crippen molar-refractivity contribution < 1.29 is 18.7 Å². The van der Waals surface area contributed by atoms with Crippen LogP contribution in [0.4, 0.5) is 20.3 Å². The number of carboxylic acid groups (broad SMARTS) is 1. The van der Waals surface area contributed by atoms with Gasteiger partial charge in [0, 0.05) is 31.7 Å². The van der Waals surface area contributed by atoms with E-state index in [1.165, 1.54) is 6.07 Å². The number of benzene rings is 1. The molecule has 0 radical (unpaired) electrons. The highest BCUT2D eigenvalue weighted by Crippen LogP contribution is 2.31. The highest BCUT2D eigenvalue weighted by Gasteiger charge is 2.25. The van der Waals surface area contributed by atoms with Crippen molar-refractivity contribution in [3.05, 3.63) is 51.9 Å². The highest BCUT2D eigenvalue weighted by atomic mass is 35.5. The van der Waals surface area contributed by atoms with E-state index in [9.17, 15) is 23.9 Å². The van der Waals surface area contributed by atoms with E-state index in [0.29, 0.717) is 48.7 Å². The number of pyridine rings is 1. The molecule has 1 aliphatic rings. The summed E-state index contributed by atoms with van der Waals surface area (Å²) in [5, 5.41) is 22.5. The largest absolute Gasteiger partial charge is 0.476 e. The van der Waals surface area contributed by atoms with E-state index in [2.05, 4.69) is 21.4 Å². The Morgan fingerprint density at radius 3 is 2.58 bits per heavy atom. The Hall–Kier alpha value is -3.62. The number of nitrogens with zero attached hydrogens (tertiary/aromatic N) is 6. The number of aryl methyl sites for hydroxylation is 1. The Bertz CT molecular complexity index is 1340. The molecule has 12 heteroatoms. The molecule has 36 heavy (non-hydrogen) atoms. The van der Waals surface area contributed by atoms with E-state index in [1.807, 2.05) is 30.9 Å². The van der Waals surface area contributed by atoms with Crippen molar-refractivity contribution in [2.75, 3.05) is 42.9 Å². The number of piperazine rings is 1. The van der Waals surface area contributed by atoms with Crippen LogP contribution in [0.3, 0.4) is 0 Å². The summed E-state index contributed by atoms with van der Waals surface area (Å²) in [6.45, 7) is 5.20. The van der Waals surface area contributed by atoms with Gasteiger partial charge in [0.25, 0.3) is 6.43 Å². The third-order valence-corrected chi connectivity index (χ3v) is 6.21. The number of nitriles is 1. The van der Waals surface area contributed by atoms with Gasteiger partial charge in [-0.1, -0.05) is 17.7 Å².